The monoisotopic (exact) mass is 907 g/mol. The van der Waals surface area contributed by atoms with E-state index in [0.29, 0.717) is 25.9 Å². The highest BCUT2D eigenvalue weighted by Crippen LogP contribution is 2.18. The number of aromatic nitrogens is 2. The molecule has 17 heteroatoms. The van der Waals surface area contributed by atoms with Crippen molar-refractivity contribution in [1.82, 2.24) is 15.3 Å². The van der Waals surface area contributed by atoms with Gasteiger partial charge in [-0.05, 0) is 64.2 Å². The molecular weight excluding hydrogens is 833 g/mol. The zero-order valence-electron chi connectivity index (χ0n) is 38.0. The van der Waals surface area contributed by atoms with Crippen LogP contribution in [0.5, 0.6) is 0 Å². The highest BCUT2D eigenvalue weighted by Gasteiger charge is 2.17. The quantitative estimate of drug-likeness (QED) is 0.0434. The zero-order valence-corrected chi connectivity index (χ0v) is 38.8. The maximum atomic E-state index is 13.0. The first-order valence-electron chi connectivity index (χ1n) is 22.7. The van der Waals surface area contributed by atoms with E-state index in [1.165, 1.54) is 83.0 Å². The molecule has 356 valence electrons. The number of hydrogen-bond donors (Lipinski definition) is 3. The molecule has 0 saturated heterocycles. The van der Waals surface area contributed by atoms with E-state index in [4.69, 9.17) is 28.8 Å². The number of carboxylic acids is 1. The summed E-state index contributed by atoms with van der Waals surface area (Å²) in [7, 11) is -3.92. The van der Waals surface area contributed by atoms with Gasteiger partial charge in [-0.25, -0.2) is 27.9 Å². The number of anilines is 1. The van der Waals surface area contributed by atoms with Crippen molar-refractivity contribution < 1.29 is 56.4 Å². The van der Waals surface area contributed by atoms with Crippen molar-refractivity contribution >= 4 is 39.6 Å². The predicted octanol–water partition coefficient (Wildman–Crippen LogP) is 7.63. The number of hydrogen-bond acceptors (Lipinski definition) is 13. The van der Waals surface area contributed by atoms with E-state index in [2.05, 4.69) is 20.0 Å². The summed E-state index contributed by atoms with van der Waals surface area (Å²) in [5, 5.41) is 11.2. The molecule has 1 heterocycles. The van der Waals surface area contributed by atoms with Crippen LogP contribution < -0.4 is 10.0 Å². The lowest BCUT2D eigenvalue weighted by Gasteiger charge is -2.19. The van der Waals surface area contributed by atoms with Gasteiger partial charge in [0.15, 0.2) is 5.78 Å². The number of aryl methyl sites for hydroxylation is 1. The summed E-state index contributed by atoms with van der Waals surface area (Å²) in [5.74, 6) is -1.80. The Morgan fingerprint density at radius 2 is 1.13 bits per heavy atom. The number of nitrogens with zero attached hydrogens (tertiary/aromatic N) is 2. The van der Waals surface area contributed by atoms with Gasteiger partial charge in [-0.2, -0.15) is 0 Å². The number of Topliss-reactive ketones (excluding diaryl/α,β-unsaturated/α-hetero) is 1. The van der Waals surface area contributed by atoms with Gasteiger partial charge in [0.2, 0.25) is 5.95 Å². The van der Waals surface area contributed by atoms with Gasteiger partial charge in [-0.15, -0.1) is 0 Å². The largest absolute Gasteiger partial charge is 0.480 e. The summed E-state index contributed by atoms with van der Waals surface area (Å²) in [4.78, 5) is 54.6. The van der Waals surface area contributed by atoms with E-state index >= 15 is 0 Å². The molecule has 0 aliphatic rings. The number of carboxylic acid groups (broad SMARTS) is 1. The summed E-state index contributed by atoms with van der Waals surface area (Å²) in [6.07, 6.45) is 22.9. The number of carbonyl (C=O) groups is 4. The van der Waals surface area contributed by atoms with Crippen LogP contribution in [0.1, 0.15) is 152 Å². The first-order valence-corrected chi connectivity index (χ1v) is 24.2. The highest BCUT2D eigenvalue weighted by atomic mass is 32.2. The topological polar surface area (TPSA) is 219 Å². The average molecular weight is 907 g/mol. The molecule has 0 bridgehead atoms. The fourth-order valence-corrected chi connectivity index (χ4v) is 7.33. The maximum absolute atomic E-state index is 13.0. The highest BCUT2D eigenvalue weighted by molar-refractivity contribution is 7.92. The number of sulfonamides is 1. The lowest BCUT2D eigenvalue weighted by Crippen LogP contribution is -2.28. The third-order valence-electron chi connectivity index (χ3n) is 9.65. The molecule has 0 radical (unpaired) electrons. The molecule has 0 fully saturated rings. The van der Waals surface area contributed by atoms with Crippen LogP contribution in [0.25, 0.3) is 0 Å². The Morgan fingerprint density at radius 1 is 0.619 bits per heavy atom. The lowest BCUT2D eigenvalue weighted by molar-refractivity contribution is -0.155. The molecule has 1 amide bonds. The molecule has 0 saturated carbocycles. The van der Waals surface area contributed by atoms with Gasteiger partial charge in [-0.1, -0.05) is 95.6 Å². The molecule has 1 aromatic heterocycles. The number of esters is 1. The number of rotatable bonds is 39. The number of unbranched alkanes of at least 4 members (excludes halogenated alkanes) is 14. The predicted molar refractivity (Wildman–Crippen MR) is 240 cm³/mol. The standard InChI is InChI=1S/C46H74N4O12S/c1-46(2,3)62-43(54)22-18-16-14-12-10-8-6-4-5-7-9-11-13-15-17-20-38-23-25-41(26-24-38)63(56,57)50-45-48-34-39(35-49-45)44(55)47-27-29-59-31-32-60-36-40(51)21-19-28-58-30-33-61-37-42(52)53/h23-26,34-35H,4-22,27-33,36-37H2,1-3H3,(H,47,55)(H,52,53)(H,48,49,50). The average Bonchev–Trinajstić information content (AvgIpc) is 3.23. The molecule has 0 aliphatic carbocycles. The molecular formula is C46H74N4O12S. The van der Waals surface area contributed by atoms with E-state index in [9.17, 15) is 27.6 Å². The van der Waals surface area contributed by atoms with Crippen molar-refractivity contribution in [3.63, 3.8) is 0 Å². The third-order valence-corrected chi connectivity index (χ3v) is 11.0. The summed E-state index contributed by atoms with van der Waals surface area (Å²) >= 11 is 0. The summed E-state index contributed by atoms with van der Waals surface area (Å²) in [6.45, 7) is 6.93. The molecule has 16 nitrogen and oxygen atoms in total. The number of carbonyl (C=O) groups excluding carboxylic acids is 3. The van der Waals surface area contributed by atoms with Crippen molar-refractivity contribution in [2.45, 2.75) is 153 Å². The third kappa shape index (κ3) is 29.9. The number of nitrogens with one attached hydrogen (secondary N) is 2. The number of ketones is 1. The molecule has 3 N–H and O–H groups in total. The van der Waals surface area contributed by atoms with Crippen molar-refractivity contribution in [3.05, 3.63) is 47.8 Å². The number of aliphatic carboxylic acids is 1. The van der Waals surface area contributed by atoms with Gasteiger partial charge in [0.25, 0.3) is 15.9 Å². The second kappa shape index (κ2) is 33.5. The Balaban J connectivity index is 1.46. The SMILES string of the molecule is CC(C)(C)OC(=O)CCCCCCCCCCCCCCCCCc1ccc(S(=O)(=O)Nc2ncc(C(=O)NCCOCCOCC(=O)CCCOCCOCC(=O)O)cn2)cc1. The van der Waals surface area contributed by atoms with Crippen LogP contribution in [0.4, 0.5) is 5.95 Å². The Labute approximate surface area is 375 Å². The molecule has 2 rings (SSSR count). The molecule has 63 heavy (non-hydrogen) atoms. The van der Waals surface area contributed by atoms with E-state index in [0.717, 1.165) is 37.7 Å². The Morgan fingerprint density at radius 3 is 1.68 bits per heavy atom. The van der Waals surface area contributed by atoms with Crippen molar-refractivity contribution in [1.29, 1.82) is 0 Å². The van der Waals surface area contributed by atoms with Crippen LogP contribution in [-0.4, -0.2) is 112 Å². The summed E-state index contributed by atoms with van der Waals surface area (Å²) in [6, 6.07) is 6.83. The summed E-state index contributed by atoms with van der Waals surface area (Å²) < 4.78 is 54.5. The second-order valence-corrected chi connectivity index (χ2v) is 18.2. The van der Waals surface area contributed by atoms with Crippen LogP contribution in [0, 0.1) is 0 Å². The van der Waals surface area contributed by atoms with Crippen LogP contribution in [0.15, 0.2) is 41.6 Å². The van der Waals surface area contributed by atoms with E-state index < -0.39 is 27.5 Å². The molecule has 0 spiro atoms. The fraction of sp³-hybridized carbons (Fsp3) is 0.696. The number of ether oxygens (including phenoxy) is 5. The Kier molecular flexibility index (Phi) is 29.3. The minimum atomic E-state index is -3.92. The molecule has 0 unspecified atom stereocenters. The molecule has 1 aromatic carbocycles. The van der Waals surface area contributed by atoms with Crippen LogP contribution >= 0.6 is 0 Å². The minimum Gasteiger partial charge on any atom is -0.480 e. The van der Waals surface area contributed by atoms with Gasteiger partial charge in [-0.3, -0.25) is 14.4 Å². The van der Waals surface area contributed by atoms with E-state index in [1.807, 2.05) is 32.9 Å². The molecule has 0 aliphatic heterocycles. The van der Waals surface area contributed by atoms with Gasteiger partial charge in [0.05, 0.1) is 43.5 Å². The first kappa shape index (κ1) is 55.1. The zero-order chi connectivity index (χ0) is 46.0. The number of benzene rings is 1. The first-order chi connectivity index (χ1) is 30.2. The van der Waals surface area contributed by atoms with Crippen molar-refractivity contribution in [2.24, 2.45) is 0 Å². The van der Waals surface area contributed by atoms with Gasteiger partial charge in [0, 0.05) is 38.4 Å². The van der Waals surface area contributed by atoms with Crippen LogP contribution in [0.3, 0.4) is 0 Å². The Bertz CT molecular complexity index is 1670. The smallest absolute Gasteiger partial charge is 0.329 e. The minimum absolute atomic E-state index is 0.0475. The van der Waals surface area contributed by atoms with E-state index in [1.54, 1.807) is 12.1 Å². The second-order valence-electron chi connectivity index (χ2n) is 16.6. The number of amides is 1. The van der Waals surface area contributed by atoms with Gasteiger partial charge in [0.1, 0.15) is 18.8 Å². The fourth-order valence-electron chi connectivity index (χ4n) is 6.37. The van der Waals surface area contributed by atoms with Gasteiger partial charge >= 0.3 is 11.9 Å². The molecule has 0 atom stereocenters. The Hall–Kier alpha value is -4.03. The molecule has 2 aromatic rings. The normalized spacial score (nSPS) is 11.7. The maximum Gasteiger partial charge on any atom is 0.329 e. The van der Waals surface area contributed by atoms with Gasteiger partial charge < -0.3 is 34.1 Å². The van der Waals surface area contributed by atoms with Crippen molar-refractivity contribution in [2.75, 3.05) is 64.1 Å². The van der Waals surface area contributed by atoms with Crippen LogP contribution in [-0.2, 0) is 54.5 Å². The van der Waals surface area contributed by atoms with Crippen LogP contribution in [0.2, 0.25) is 0 Å². The summed E-state index contributed by atoms with van der Waals surface area (Å²) in [5.41, 5.74) is 0.844. The lowest BCUT2D eigenvalue weighted by atomic mass is 10.0. The van der Waals surface area contributed by atoms with Crippen molar-refractivity contribution in [3.8, 4) is 0 Å². The van der Waals surface area contributed by atoms with E-state index in [-0.39, 0.29) is 81.0 Å².